The number of rotatable bonds is 8. The number of unbranched alkanes of at least 4 members (excludes halogenated alkanes) is 1. The molecule has 1 heterocycles. The molecule has 0 radical (unpaired) electrons. The largest absolute Gasteiger partial charge is 0.508 e. The second-order valence-electron chi connectivity index (χ2n) is 4.90. The van der Waals surface area contributed by atoms with E-state index in [1.54, 1.807) is 12.1 Å². The second-order valence-corrected chi connectivity index (χ2v) is 4.90. The van der Waals surface area contributed by atoms with Crippen molar-refractivity contribution in [2.45, 2.75) is 38.0 Å². The molecule has 0 spiro atoms. The van der Waals surface area contributed by atoms with Crippen molar-refractivity contribution in [2.24, 2.45) is 5.73 Å². The Morgan fingerprint density at radius 1 is 1.26 bits per heavy atom. The molecule has 2 atom stereocenters. The summed E-state index contributed by atoms with van der Waals surface area (Å²) >= 11 is 0. The number of aryl methyl sites for hydroxylation is 1. The van der Waals surface area contributed by atoms with Crippen molar-refractivity contribution in [2.75, 3.05) is 13.1 Å². The van der Waals surface area contributed by atoms with Crippen LogP contribution in [0.15, 0.2) is 18.2 Å². The fourth-order valence-corrected chi connectivity index (χ4v) is 2.12. The van der Waals surface area contributed by atoms with Crippen molar-refractivity contribution in [1.29, 1.82) is 0 Å². The minimum absolute atomic E-state index is 0.0865. The lowest BCUT2D eigenvalue weighted by Gasteiger charge is -2.04. The van der Waals surface area contributed by atoms with Gasteiger partial charge in [-0.2, -0.15) is 0 Å². The molecule has 1 aromatic rings. The summed E-state index contributed by atoms with van der Waals surface area (Å²) in [4.78, 5) is 0. The van der Waals surface area contributed by atoms with E-state index in [4.69, 9.17) is 10.5 Å². The van der Waals surface area contributed by atoms with Gasteiger partial charge in [-0.05, 0) is 50.4 Å². The van der Waals surface area contributed by atoms with Crippen LogP contribution in [0.2, 0.25) is 0 Å². The Morgan fingerprint density at radius 2 is 2.11 bits per heavy atom. The van der Waals surface area contributed by atoms with E-state index in [9.17, 15) is 10.2 Å². The average molecular weight is 266 g/mol. The van der Waals surface area contributed by atoms with Gasteiger partial charge in [-0.15, -0.1) is 0 Å². The van der Waals surface area contributed by atoms with Gasteiger partial charge in [0.05, 0.1) is 6.10 Å². The first-order valence-electron chi connectivity index (χ1n) is 6.80. The van der Waals surface area contributed by atoms with Crippen molar-refractivity contribution >= 4 is 0 Å². The predicted molar refractivity (Wildman–Crippen MR) is 73.0 cm³/mol. The van der Waals surface area contributed by atoms with Crippen LogP contribution in [0, 0.1) is 0 Å². The van der Waals surface area contributed by atoms with E-state index in [-0.39, 0.29) is 23.8 Å². The van der Waals surface area contributed by atoms with Crippen LogP contribution in [-0.2, 0) is 11.2 Å². The van der Waals surface area contributed by atoms with E-state index in [2.05, 4.69) is 5.32 Å². The predicted octanol–water partition coefficient (Wildman–Crippen LogP) is 1.08. The van der Waals surface area contributed by atoms with Crippen LogP contribution in [0.5, 0.6) is 11.5 Å². The van der Waals surface area contributed by atoms with Crippen molar-refractivity contribution in [3.05, 3.63) is 23.8 Å². The topological polar surface area (TPSA) is 91.0 Å². The van der Waals surface area contributed by atoms with Crippen molar-refractivity contribution in [3.8, 4) is 11.5 Å². The molecule has 1 aliphatic heterocycles. The number of nitrogens with two attached hydrogens (primary N) is 1. The summed E-state index contributed by atoms with van der Waals surface area (Å²) in [6, 6.07) is 4.70. The Bertz CT molecular complexity index is 412. The number of benzene rings is 1. The first-order chi connectivity index (χ1) is 9.20. The minimum atomic E-state index is 0.0865. The SMILES string of the molecule is NCCCCNC1OC1CCc1ccc(O)cc1O. The number of phenolic OH excluding ortho intramolecular Hbond substituents is 2. The number of aromatic hydroxyl groups is 2. The molecule has 0 amide bonds. The summed E-state index contributed by atoms with van der Waals surface area (Å²) < 4.78 is 5.51. The van der Waals surface area contributed by atoms with Crippen LogP contribution in [0.4, 0.5) is 0 Å². The zero-order valence-corrected chi connectivity index (χ0v) is 11.0. The number of nitrogens with one attached hydrogen (secondary N) is 1. The first-order valence-corrected chi connectivity index (χ1v) is 6.80. The van der Waals surface area contributed by atoms with Crippen molar-refractivity contribution in [3.63, 3.8) is 0 Å². The lowest BCUT2D eigenvalue weighted by molar-refractivity contribution is 0.338. The van der Waals surface area contributed by atoms with Gasteiger partial charge in [0.2, 0.25) is 0 Å². The van der Waals surface area contributed by atoms with Crippen LogP contribution in [-0.4, -0.2) is 35.6 Å². The molecule has 0 saturated carbocycles. The summed E-state index contributed by atoms with van der Waals surface area (Å²) in [5, 5.41) is 22.2. The van der Waals surface area contributed by atoms with E-state index < -0.39 is 0 Å². The average Bonchev–Trinajstić information content (AvgIpc) is 3.12. The van der Waals surface area contributed by atoms with Crippen molar-refractivity contribution in [1.82, 2.24) is 5.32 Å². The molecule has 2 rings (SSSR count). The maximum absolute atomic E-state index is 9.66. The second kappa shape index (κ2) is 6.75. The number of phenols is 2. The molecular formula is C14H22N2O3. The molecule has 1 aliphatic rings. The number of hydrogen-bond donors (Lipinski definition) is 4. The number of hydrogen-bond acceptors (Lipinski definition) is 5. The third kappa shape index (κ3) is 4.38. The molecule has 0 aromatic heterocycles. The Hall–Kier alpha value is -1.30. The smallest absolute Gasteiger partial charge is 0.135 e. The van der Waals surface area contributed by atoms with Crippen LogP contribution in [0.3, 0.4) is 0 Å². The van der Waals surface area contributed by atoms with Gasteiger partial charge >= 0.3 is 0 Å². The highest BCUT2D eigenvalue weighted by molar-refractivity contribution is 5.39. The molecule has 5 N–H and O–H groups in total. The minimum Gasteiger partial charge on any atom is -0.508 e. The number of ether oxygens (including phenoxy) is 1. The van der Waals surface area contributed by atoms with Crippen LogP contribution in [0.25, 0.3) is 0 Å². The fourth-order valence-electron chi connectivity index (χ4n) is 2.12. The van der Waals surface area contributed by atoms with Gasteiger partial charge in [-0.3, -0.25) is 5.32 Å². The van der Waals surface area contributed by atoms with Crippen molar-refractivity contribution < 1.29 is 14.9 Å². The highest BCUT2D eigenvalue weighted by atomic mass is 16.6. The van der Waals surface area contributed by atoms with Gasteiger partial charge < -0.3 is 20.7 Å². The third-order valence-electron chi connectivity index (χ3n) is 3.33. The van der Waals surface area contributed by atoms with E-state index in [0.29, 0.717) is 0 Å². The zero-order valence-electron chi connectivity index (χ0n) is 11.0. The molecule has 19 heavy (non-hydrogen) atoms. The van der Waals surface area contributed by atoms with Crippen LogP contribution in [0.1, 0.15) is 24.8 Å². The normalized spacial score (nSPS) is 21.5. The number of epoxide rings is 1. The summed E-state index contributed by atoms with van der Waals surface area (Å²) in [5.41, 5.74) is 6.27. The first kappa shape index (κ1) is 14.1. The summed E-state index contributed by atoms with van der Waals surface area (Å²) in [7, 11) is 0. The van der Waals surface area contributed by atoms with Gasteiger partial charge in [0.25, 0.3) is 0 Å². The molecule has 1 fully saturated rings. The molecule has 1 saturated heterocycles. The van der Waals surface area contributed by atoms with Gasteiger partial charge in [-0.1, -0.05) is 6.07 Å². The lowest BCUT2D eigenvalue weighted by Crippen LogP contribution is -2.21. The third-order valence-corrected chi connectivity index (χ3v) is 3.33. The Morgan fingerprint density at radius 3 is 2.84 bits per heavy atom. The molecule has 0 aliphatic carbocycles. The maximum atomic E-state index is 9.66. The zero-order chi connectivity index (χ0) is 13.7. The molecule has 5 nitrogen and oxygen atoms in total. The maximum Gasteiger partial charge on any atom is 0.135 e. The monoisotopic (exact) mass is 266 g/mol. The van der Waals surface area contributed by atoms with Crippen LogP contribution >= 0.6 is 0 Å². The van der Waals surface area contributed by atoms with E-state index >= 15 is 0 Å². The summed E-state index contributed by atoms with van der Waals surface area (Å²) in [6.07, 6.45) is 4.10. The van der Waals surface area contributed by atoms with Gasteiger partial charge in [0, 0.05) is 6.07 Å². The molecule has 2 unspecified atom stereocenters. The Labute approximate surface area is 113 Å². The van der Waals surface area contributed by atoms with E-state index in [0.717, 1.165) is 44.3 Å². The Kier molecular flexibility index (Phi) is 5.01. The van der Waals surface area contributed by atoms with E-state index in [1.807, 2.05) is 0 Å². The highest BCUT2D eigenvalue weighted by Gasteiger charge is 2.37. The molecule has 1 aromatic carbocycles. The Balaban J connectivity index is 1.64. The molecular weight excluding hydrogens is 244 g/mol. The van der Waals surface area contributed by atoms with Gasteiger partial charge in [0.1, 0.15) is 17.7 Å². The summed E-state index contributed by atoms with van der Waals surface area (Å²) in [5.74, 6) is 0.233. The lowest BCUT2D eigenvalue weighted by atomic mass is 10.1. The molecule has 106 valence electrons. The quantitative estimate of drug-likeness (QED) is 0.417. The van der Waals surface area contributed by atoms with Crippen LogP contribution < -0.4 is 11.1 Å². The van der Waals surface area contributed by atoms with E-state index in [1.165, 1.54) is 6.07 Å². The summed E-state index contributed by atoms with van der Waals surface area (Å²) in [6.45, 7) is 1.67. The fraction of sp³-hybridized carbons (Fsp3) is 0.571. The molecule has 5 heteroatoms. The van der Waals surface area contributed by atoms with Gasteiger partial charge in [0.15, 0.2) is 0 Å². The van der Waals surface area contributed by atoms with Gasteiger partial charge in [-0.25, -0.2) is 0 Å². The highest BCUT2D eigenvalue weighted by Crippen LogP contribution is 2.28. The molecule has 0 bridgehead atoms. The standard InChI is InChI=1S/C14H22N2O3/c15-7-1-2-8-16-14-13(19-14)6-4-10-3-5-11(17)9-12(10)18/h3,5,9,13-14,16-18H,1-2,4,6-8,15H2.